The van der Waals surface area contributed by atoms with E-state index in [1.54, 1.807) is 0 Å². The van der Waals surface area contributed by atoms with Gasteiger partial charge in [0.15, 0.2) is 0 Å². The second-order valence-corrected chi connectivity index (χ2v) is 5.64. The fraction of sp³-hybridized carbons (Fsp3) is 1.00. The Hall–Kier alpha value is 0.279. The van der Waals surface area contributed by atoms with Crippen LogP contribution in [0.2, 0.25) is 0 Å². The Morgan fingerprint density at radius 1 is 0.500 bits per heavy atom. The van der Waals surface area contributed by atoms with Gasteiger partial charge in [0, 0.05) is 69.4 Å². The molecular formula is C13H32CuN4O2. The Bertz CT molecular complexity index is 236. The first-order valence-electron chi connectivity index (χ1n) is 7.06. The van der Waals surface area contributed by atoms with E-state index in [1.807, 2.05) is 0 Å². The topological polar surface area (TPSA) is 76.0 Å². The van der Waals surface area contributed by atoms with Gasteiger partial charge in [0.1, 0.15) is 0 Å². The molecular weight excluding hydrogens is 308 g/mol. The Morgan fingerprint density at radius 3 is 1.35 bits per heavy atom. The van der Waals surface area contributed by atoms with Crippen LogP contribution in [0.3, 0.4) is 0 Å². The van der Waals surface area contributed by atoms with E-state index in [4.69, 9.17) is 0 Å². The van der Waals surface area contributed by atoms with Gasteiger partial charge < -0.3 is 25.7 Å². The van der Waals surface area contributed by atoms with Crippen LogP contribution in [-0.2, 0) is 17.1 Å². The van der Waals surface area contributed by atoms with Crippen molar-refractivity contribution in [2.75, 3.05) is 79.5 Å². The molecule has 2 aliphatic rings. The standard InChI is InChI=1S/C13H28N4.Cu.2H2O/c1-14-4-3-5-16-9-7-15(2)8-11-17(10-6-14)13-12-16;;;/h3-13H2,1-2H3;;2*1H2/i;1+0;;. The third kappa shape index (κ3) is 7.90. The number of hydrogen-bond acceptors (Lipinski definition) is 4. The van der Waals surface area contributed by atoms with E-state index in [-0.39, 0.29) is 28.0 Å². The molecule has 2 heterocycles. The first kappa shape index (κ1) is 22.6. The number of likely N-dealkylation sites (N-methyl/N-ethyl adjacent to an activating group) is 2. The zero-order valence-electron chi connectivity index (χ0n) is 12.9. The van der Waals surface area contributed by atoms with Gasteiger partial charge in [-0.1, -0.05) is 0 Å². The fourth-order valence-corrected chi connectivity index (χ4v) is 2.68. The molecule has 2 rings (SSSR count). The smallest absolute Gasteiger partial charge is 0.0110 e. The molecule has 2 fully saturated rings. The van der Waals surface area contributed by atoms with Gasteiger partial charge in [-0.25, -0.2) is 0 Å². The molecule has 20 heavy (non-hydrogen) atoms. The minimum atomic E-state index is 0. The summed E-state index contributed by atoms with van der Waals surface area (Å²) in [4.78, 5) is 10.2. The summed E-state index contributed by atoms with van der Waals surface area (Å²) in [5.74, 6) is 0. The molecule has 2 saturated heterocycles. The summed E-state index contributed by atoms with van der Waals surface area (Å²) in [7, 11) is 4.52. The van der Waals surface area contributed by atoms with Gasteiger partial charge in [-0.15, -0.1) is 0 Å². The first-order valence-corrected chi connectivity index (χ1v) is 7.06. The molecule has 0 amide bonds. The number of hydrogen-bond donors (Lipinski definition) is 0. The summed E-state index contributed by atoms with van der Waals surface area (Å²) in [6, 6.07) is 0. The summed E-state index contributed by atoms with van der Waals surface area (Å²) in [6.45, 7) is 12.4. The van der Waals surface area contributed by atoms with Crippen molar-refractivity contribution in [2.24, 2.45) is 0 Å². The van der Waals surface area contributed by atoms with Crippen molar-refractivity contribution in [3.63, 3.8) is 0 Å². The van der Waals surface area contributed by atoms with Crippen LogP contribution in [0.5, 0.6) is 0 Å². The molecule has 6 nitrogen and oxygen atoms in total. The minimum absolute atomic E-state index is 0. The fourth-order valence-electron chi connectivity index (χ4n) is 2.68. The van der Waals surface area contributed by atoms with Gasteiger partial charge >= 0.3 is 0 Å². The maximum atomic E-state index is 2.65. The van der Waals surface area contributed by atoms with Crippen LogP contribution in [0.1, 0.15) is 6.42 Å². The average molecular weight is 340 g/mol. The van der Waals surface area contributed by atoms with Crippen LogP contribution in [0.25, 0.3) is 0 Å². The third-order valence-corrected chi connectivity index (χ3v) is 4.14. The summed E-state index contributed by atoms with van der Waals surface area (Å²) < 4.78 is 0. The van der Waals surface area contributed by atoms with Crippen LogP contribution >= 0.6 is 0 Å². The zero-order chi connectivity index (χ0) is 12.1. The monoisotopic (exact) mass is 340 g/mol. The van der Waals surface area contributed by atoms with E-state index in [0.29, 0.717) is 0 Å². The molecule has 7 heteroatoms. The van der Waals surface area contributed by atoms with Crippen LogP contribution < -0.4 is 0 Å². The van der Waals surface area contributed by atoms with Gasteiger partial charge in [0.2, 0.25) is 0 Å². The van der Waals surface area contributed by atoms with E-state index in [9.17, 15) is 0 Å². The Morgan fingerprint density at radius 2 is 0.850 bits per heavy atom. The second kappa shape index (κ2) is 11.9. The van der Waals surface area contributed by atoms with E-state index in [0.717, 1.165) is 0 Å². The minimum Gasteiger partial charge on any atom is -0.412 e. The average Bonchev–Trinajstić information content (AvgIpc) is 2.41. The molecule has 0 aromatic rings. The molecule has 1 radical (unpaired) electrons. The van der Waals surface area contributed by atoms with E-state index >= 15 is 0 Å². The van der Waals surface area contributed by atoms with E-state index < -0.39 is 0 Å². The molecule has 0 aliphatic carbocycles. The van der Waals surface area contributed by atoms with E-state index in [1.165, 1.54) is 71.9 Å². The predicted molar refractivity (Wildman–Crippen MR) is 79.7 cm³/mol. The summed E-state index contributed by atoms with van der Waals surface area (Å²) in [6.07, 6.45) is 1.32. The summed E-state index contributed by atoms with van der Waals surface area (Å²) >= 11 is 0. The van der Waals surface area contributed by atoms with Gasteiger partial charge in [-0.3, -0.25) is 4.90 Å². The largest absolute Gasteiger partial charge is 0.412 e. The quantitative estimate of drug-likeness (QED) is 0.489. The molecule has 0 aromatic heterocycles. The van der Waals surface area contributed by atoms with Gasteiger partial charge in [-0.2, -0.15) is 0 Å². The van der Waals surface area contributed by atoms with Crippen molar-refractivity contribution in [2.45, 2.75) is 6.42 Å². The molecule has 0 spiro atoms. The summed E-state index contributed by atoms with van der Waals surface area (Å²) in [5.41, 5.74) is 0. The first-order chi connectivity index (χ1) is 8.24. The molecule has 2 unspecified atom stereocenters. The summed E-state index contributed by atoms with van der Waals surface area (Å²) in [5, 5.41) is 0. The third-order valence-electron chi connectivity index (χ3n) is 4.14. The van der Waals surface area contributed by atoms with Crippen molar-refractivity contribution < 1.29 is 28.0 Å². The molecule has 2 aliphatic heterocycles. The van der Waals surface area contributed by atoms with Gasteiger partial charge in [0.05, 0.1) is 0 Å². The van der Waals surface area contributed by atoms with E-state index in [2.05, 4.69) is 33.7 Å². The molecule has 2 bridgehead atoms. The van der Waals surface area contributed by atoms with Crippen molar-refractivity contribution >= 4 is 0 Å². The Labute approximate surface area is 134 Å². The Kier molecular flexibility index (Phi) is 13.4. The maximum absolute atomic E-state index is 2.65. The number of rotatable bonds is 0. The van der Waals surface area contributed by atoms with Crippen LogP contribution in [-0.4, -0.2) is 110 Å². The molecule has 0 aromatic carbocycles. The van der Waals surface area contributed by atoms with Crippen molar-refractivity contribution in [1.29, 1.82) is 0 Å². The normalized spacial score (nSPS) is 29.7. The molecule has 2 atom stereocenters. The Balaban J connectivity index is 0. The van der Waals surface area contributed by atoms with Crippen LogP contribution in [0.15, 0.2) is 0 Å². The zero-order valence-corrected chi connectivity index (χ0v) is 13.8. The molecule has 4 N–H and O–H groups in total. The number of nitrogens with zero attached hydrogens (tertiary/aromatic N) is 4. The maximum Gasteiger partial charge on any atom is 0.0110 e. The van der Waals surface area contributed by atoms with Crippen LogP contribution in [0.4, 0.5) is 0 Å². The molecule has 0 saturated carbocycles. The SMILES string of the molecule is CN1CCCN2CCN(C)CCN(CC1)CC2.O.O.[64Cu]. The van der Waals surface area contributed by atoms with Crippen LogP contribution in [0, 0.1) is 0 Å². The van der Waals surface area contributed by atoms with Gasteiger partial charge in [-0.05, 0) is 33.6 Å². The second-order valence-electron chi connectivity index (χ2n) is 5.64. The van der Waals surface area contributed by atoms with Gasteiger partial charge in [0.25, 0.3) is 0 Å². The molecule has 127 valence electrons. The number of fused-ring (bicyclic) bond motifs is 3. The predicted octanol–water partition coefficient (Wildman–Crippen LogP) is -1.78. The van der Waals surface area contributed by atoms with Crippen molar-refractivity contribution in [1.82, 2.24) is 19.6 Å². The van der Waals surface area contributed by atoms with Crippen molar-refractivity contribution in [3.8, 4) is 0 Å². The van der Waals surface area contributed by atoms with Crippen molar-refractivity contribution in [3.05, 3.63) is 0 Å².